The van der Waals surface area contributed by atoms with E-state index in [0.29, 0.717) is 25.3 Å². The predicted molar refractivity (Wildman–Crippen MR) is 57.0 cm³/mol. The minimum absolute atomic E-state index is 0.292. The highest BCUT2D eigenvalue weighted by Gasteiger charge is 2.28. The second-order valence-corrected chi connectivity index (χ2v) is 3.58. The number of rotatable bonds is 4. The van der Waals surface area contributed by atoms with E-state index in [4.69, 9.17) is 9.47 Å². The summed E-state index contributed by atoms with van der Waals surface area (Å²) in [7, 11) is 1.86. The number of carbonyl (C=O) groups excluding carboxylic acids is 1. The Hall–Kier alpha value is -1.62. The van der Waals surface area contributed by atoms with Gasteiger partial charge in [0.05, 0.1) is 18.5 Å². The molecule has 1 aromatic rings. The molecule has 1 aromatic heterocycles. The van der Waals surface area contributed by atoms with Crippen molar-refractivity contribution in [2.45, 2.75) is 19.1 Å². The normalized spacial score (nSPS) is 19.6. The first-order valence-corrected chi connectivity index (χ1v) is 5.22. The lowest BCUT2D eigenvalue weighted by atomic mass is 10.3. The van der Waals surface area contributed by atoms with E-state index >= 15 is 0 Å². The van der Waals surface area contributed by atoms with Crippen molar-refractivity contribution < 1.29 is 14.3 Å². The van der Waals surface area contributed by atoms with Gasteiger partial charge in [-0.2, -0.15) is 0 Å². The molecule has 1 aliphatic rings. The second-order valence-electron chi connectivity index (χ2n) is 3.58. The van der Waals surface area contributed by atoms with Crippen LogP contribution in [-0.2, 0) is 16.1 Å². The highest BCUT2D eigenvalue weighted by Crippen LogP contribution is 2.16. The number of pyridine rings is 1. The molecule has 1 unspecified atom stereocenters. The number of aromatic nitrogens is 1. The van der Waals surface area contributed by atoms with Crippen molar-refractivity contribution in [1.82, 2.24) is 10.3 Å². The molecule has 2 rings (SSSR count). The maximum atomic E-state index is 11.2. The quantitative estimate of drug-likeness (QED) is 0.751. The number of cyclic esters (lactones) is 1. The molecular formula is C11H14N2O3. The topological polar surface area (TPSA) is 60.5 Å². The minimum atomic E-state index is -0.475. The zero-order valence-corrected chi connectivity index (χ0v) is 9.10. The smallest absolute Gasteiger partial charge is 0.347 e. The Kier molecular flexibility index (Phi) is 3.36. The third-order valence-electron chi connectivity index (χ3n) is 2.32. The van der Waals surface area contributed by atoms with Crippen molar-refractivity contribution in [3.05, 3.63) is 24.0 Å². The molecule has 2 heterocycles. The predicted octanol–water partition coefficient (Wildman–Crippen LogP) is 0.495. The molecule has 1 aliphatic heterocycles. The van der Waals surface area contributed by atoms with Crippen LogP contribution in [0.4, 0.5) is 0 Å². The number of esters is 1. The summed E-state index contributed by atoms with van der Waals surface area (Å²) in [5.74, 6) is 0.308. The Morgan fingerprint density at radius 3 is 3.06 bits per heavy atom. The molecule has 0 aromatic carbocycles. The van der Waals surface area contributed by atoms with Crippen molar-refractivity contribution in [2.75, 3.05) is 13.7 Å². The first kappa shape index (κ1) is 10.9. The highest BCUT2D eigenvalue weighted by atomic mass is 16.6. The fourth-order valence-electron chi connectivity index (χ4n) is 1.51. The van der Waals surface area contributed by atoms with Gasteiger partial charge in [0.25, 0.3) is 0 Å². The lowest BCUT2D eigenvalue weighted by molar-refractivity contribution is -0.143. The van der Waals surface area contributed by atoms with Gasteiger partial charge in [0.2, 0.25) is 0 Å². The summed E-state index contributed by atoms with van der Waals surface area (Å²) in [6, 6.07) is 3.68. The van der Waals surface area contributed by atoms with Crippen molar-refractivity contribution in [3.8, 4) is 5.75 Å². The molecular weight excluding hydrogens is 208 g/mol. The average Bonchev–Trinajstić information content (AvgIpc) is 2.68. The van der Waals surface area contributed by atoms with Crippen LogP contribution in [-0.4, -0.2) is 30.7 Å². The van der Waals surface area contributed by atoms with Gasteiger partial charge in [-0.25, -0.2) is 4.79 Å². The summed E-state index contributed by atoms with van der Waals surface area (Å²) in [6.07, 6.45) is 1.76. The van der Waals surface area contributed by atoms with Crippen LogP contribution >= 0.6 is 0 Å². The number of ether oxygens (including phenoxy) is 2. The maximum Gasteiger partial charge on any atom is 0.347 e. The molecule has 0 aliphatic carbocycles. The van der Waals surface area contributed by atoms with Gasteiger partial charge in [0.1, 0.15) is 5.75 Å². The van der Waals surface area contributed by atoms with E-state index in [1.807, 2.05) is 19.2 Å². The summed E-state index contributed by atoms with van der Waals surface area (Å²) < 4.78 is 10.3. The Balaban J connectivity index is 1.96. The van der Waals surface area contributed by atoms with Gasteiger partial charge >= 0.3 is 5.97 Å². The zero-order valence-electron chi connectivity index (χ0n) is 9.10. The van der Waals surface area contributed by atoms with Crippen LogP contribution < -0.4 is 10.1 Å². The van der Waals surface area contributed by atoms with E-state index in [9.17, 15) is 4.79 Å². The van der Waals surface area contributed by atoms with E-state index < -0.39 is 6.10 Å². The zero-order chi connectivity index (χ0) is 11.4. The summed E-state index contributed by atoms with van der Waals surface area (Å²) in [5.41, 5.74) is 0.934. The van der Waals surface area contributed by atoms with Crippen LogP contribution in [0.15, 0.2) is 18.3 Å². The fourth-order valence-corrected chi connectivity index (χ4v) is 1.51. The van der Waals surface area contributed by atoms with Crippen molar-refractivity contribution in [2.24, 2.45) is 0 Å². The fraction of sp³-hybridized carbons (Fsp3) is 0.455. The average molecular weight is 222 g/mol. The SMILES string of the molecule is CNCc1ccc(OC2CCOC2=O)cn1. The summed E-state index contributed by atoms with van der Waals surface area (Å²) in [4.78, 5) is 15.4. The monoisotopic (exact) mass is 222 g/mol. The Morgan fingerprint density at radius 1 is 1.62 bits per heavy atom. The van der Waals surface area contributed by atoms with E-state index in [2.05, 4.69) is 10.3 Å². The molecule has 16 heavy (non-hydrogen) atoms. The number of carbonyl (C=O) groups is 1. The third kappa shape index (κ3) is 2.49. The van der Waals surface area contributed by atoms with E-state index in [0.717, 1.165) is 5.69 Å². The van der Waals surface area contributed by atoms with Crippen LogP contribution in [0.2, 0.25) is 0 Å². The molecule has 0 spiro atoms. The molecule has 1 N–H and O–H groups in total. The maximum absolute atomic E-state index is 11.2. The summed E-state index contributed by atoms with van der Waals surface area (Å²) in [5, 5.41) is 3.01. The molecule has 0 saturated carbocycles. The van der Waals surface area contributed by atoms with Crippen molar-refractivity contribution in [1.29, 1.82) is 0 Å². The molecule has 1 fully saturated rings. The number of nitrogens with zero attached hydrogens (tertiary/aromatic N) is 1. The number of hydrogen-bond donors (Lipinski definition) is 1. The summed E-state index contributed by atoms with van der Waals surface area (Å²) in [6.45, 7) is 1.15. The lowest BCUT2D eigenvalue weighted by Crippen LogP contribution is -2.21. The van der Waals surface area contributed by atoms with Crippen LogP contribution in [0.25, 0.3) is 0 Å². The minimum Gasteiger partial charge on any atom is -0.477 e. The standard InChI is InChI=1S/C11H14N2O3/c1-12-6-8-2-3-9(7-13-8)16-10-4-5-15-11(10)14/h2-3,7,10,12H,4-6H2,1H3. The van der Waals surface area contributed by atoms with Crippen molar-refractivity contribution >= 4 is 5.97 Å². The molecule has 1 saturated heterocycles. The van der Waals surface area contributed by atoms with Gasteiger partial charge in [0, 0.05) is 13.0 Å². The number of hydrogen-bond acceptors (Lipinski definition) is 5. The van der Waals surface area contributed by atoms with Gasteiger partial charge in [-0.3, -0.25) is 4.98 Å². The first-order valence-electron chi connectivity index (χ1n) is 5.22. The Labute approximate surface area is 93.8 Å². The highest BCUT2D eigenvalue weighted by molar-refractivity contribution is 5.76. The van der Waals surface area contributed by atoms with Crippen LogP contribution in [0.5, 0.6) is 5.75 Å². The third-order valence-corrected chi connectivity index (χ3v) is 2.32. The van der Waals surface area contributed by atoms with Gasteiger partial charge in [-0.05, 0) is 19.2 Å². The molecule has 86 valence electrons. The van der Waals surface area contributed by atoms with Gasteiger partial charge in [-0.1, -0.05) is 0 Å². The van der Waals surface area contributed by atoms with E-state index in [-0.39, 0.29) is 5.97 Å². The van der Waals surface area contributed by atoms with E-state index in [1.165, 1.54) is 0 Å². The molecule has 1 atom stereocenters. The first-order chi connectivity index (χ1) is 7.79. The molecule has 5 nitrogen and oxygen atoms in total. The number of nitrogens with one attached hydrogen (secondary N) is 1. The van der Waals surface area contributed by atoms with Crippen molar-refractivity contribution in [3.63, 3.8) is 0 Å². The van der Waals surface area contributed by atoms with Crippen LogP contribution in [0, 0.1) is 0 Å². The second kappa shape index (κ2) is 4.94. The van der Waals surface area contributed by atoms with Gasteiger partial charge < -0.3 is 14.8 Å². The van der Waals surface area contributed by atoms with Gasteiger partial charge in [0.15, 0.2) is 6.10 Å². The molecule has 0 bridgehead atoms. The Bertz CT molecular complexity index is 364. The molecule has 0 radical (unpaired) electrons. The Morgan fingerprint density at radius 2 is 2.50 bits per heavy atom. The molecule has 5 heteroatoms. The van der Waals surface area contributed by atoms with Gasteiger partial charge in [-0.15, -0.1) is 0 Å². The van der Waals surface area contributed by atoms with E-state index in [1.54, 1.807) is 6.20 Å². The lowest BCUT2D eigenvalue weighted by Gasteiger charge is -2.09. The summed E-state index contributed by atoms with van der Waals surface area (Å²) >= 11 is 0. The van der Waals surface area contributed by atoms with Crippen LogP contribution in [0.1, 0.15) is 12.1 Å². The molecule has 0 amide bonds. The largest absolute Gasteiger partial charge is 0.477 e. The van der Waals surface area contributed by atoms with Crippen LogP contribution in [0.3, 0.4) is 0 Å².